The normalized spacial score (nSPS) is 11.8. The van der Waals surface area contributed by atoms with Crippen molar-refractivity contribution in [1.82, 2.24) is 0 Å². The zero-order valence-electron chi connectivity index (χ0n) is 15.4. The second kappa shape index (κ2) is 8.82. The van der Waals surface area contributed by atoms with Crippen molar-refractivity contribution in [2.75, 3.05) is 4.31 Å². The molecule has 5 nitrogen and oxygen atoms in total. The van der Waals surface area contributed by atoms with Gasteiger partial charge in [-0.3, -0.25) is 8.51 Å². The highest BCUT2D eigenvalue weighted by Gasteiger charge is 2.11. The lowest BCUT2D eigenvalue weighted by Crippen LogP contribution is -2.19. The molecule has 0 saturated heterocycles. The summed E-state index contributed by atoms with van der Waals surface area (Å²) in [5.74, 6) is -0.943. The third kappa shape index (κ3) is 4.85. The van der Waals surface area contributed by atoms with E-state index in [1.165, 1.54) is 4.31 Å². The molecule has 0 amide bonds. The molecule has 0 fully saturated rings. The van der Waals surface area contributed by atoms with Crippen LogP contribution in [0.1, 0.15) is 27.0 Å². The minimum absolute atomic E-state index is 0.262. The molecule has 3 aromatic rings. The van der Waals surface area contributed by atoms with Crippen molar-refractivity contribution in [2.45, 2.75) is 19.8 Å². The third-order valence-corrected chi connectivity index (χ3v) is 5.15. The van der Waals surface area contributed by atoms with Gasteiger partial charge in [-0.1, -0.05) is 36.4 Å². The van der Waals surface area contributed by atoms with Crippen molar-refractivity contribution in [3.05, 3.63) is 95.1 Å². The second-order valence-electron chi connectivity index (χ2n) is 6.52. The Bertz CT molecular complexity index is 1000. The zero-order chi connectivity index (χ0) is 20.1. The Morgan fingerprint density at radius 2 is 1.54 bits per heavy atom. The molecular weight excluding hydrogens is 374 g/mol. The largest absolute Gasteiger partial charge is 0.755 e. The molecule has 0 aromatic heterocycles. The number of carboxylic acid groups (broad SMARTS) is 1. The lowest BCUT2D eigenvalue weighted by molar-refractivity contribution is 0.0697. The summed E-state index contributed by atoms with van der Waals surface area (Å²) in [6.45, 7) is 1.92. The summed E-state index contributed by atoms with van der Waals surface area (Å²) in [7, 11) is 0. The summed E-state index contributed by atoms with van der Waals surface area (Å²) < 4.78 is 25.0. The van der Waals surface area contributed by atoms with E-state index in [0.29, 0.717) is 17.8 Å². The molecule has 1 N–H and O–H groups in total. The Balaban J connectivity index is 1.78. The number of carboxylic acids is 1. The van der Waals surface area contributed by atoms with Crippen LogP contribution in [0.25, 0.3) is 0 Å². The van der Waals surface area contributed by atoms with Crippen LogP contribution in [-0.4, -0.2) is 19.8 Å². The number of rotatable bonds is 7. The summed E-state index contributed by atoms with van der Waals surface area (Å²) in [6.07, 6.45) is 1.45. The molecular formula is C22H20NO4S-. The summed E-state index contributed by atoms with van der Waals surface area (Å²) >= 11 is -2.44. The molecule has 0 aliphatic carbocycles. The van der Waals surface area contributed by atoms with Crippen LogP contribution in [0, 0.1) is 6.92 Å². The molecule has 0 aliphatic heterocycles. The summed E-state index contributed by atoms with van der Waals surface area (Å²) in [6, 6.07) is 21.6. The van der Waals surface area contributed by atoms with Crippen molar-refractivity contribution in [3.8, 4) is 0 Å². The van der Waals surface area contributed by atoms with Gasteiger partial charge in [0.2, 0.25) is 0 Å². The average Bonchev–Trinajstić information content (AvgIpc) is 2.67. The van der Waals surface area contributed by atoms with E-state index < -0.39 is 17.2 Å². The highest BCUT2D eigenvalue weighted by Crippen LogP contribution is 2.28. The van der Waals surface area contributed by atoms with Crippen LogP contribution in [0.5, 0.6) is 0 Å². The first-order valence-electron chi connectivity index (χ1n) is 8.81. The highest BCUT2D eigenvalue weighted by atomic mass is 32.2. The number of anilines is 2. The van der Waals surface area contributed by atoms with Crippen LogP contribution in [0.4, 0.5) is 11.4 Å². The molecule has 1 unspecified atom stereocenters. The van der Waals surface area contributed by atoms with Crippen molar-refractivity contribution >= 4 is 28.6 Å². The summed E-state index contributed by atoms with van der Waals surface area (Å²) in [5, 5.41) is 8.97. The van der Waals surface area contributed by atoms with Gasteiger partial charge in [-0.05, 0) is 72.9 Å². The predicted molar refractivity (Wildman–Crippen MR) is 109 cm³/mol. The molecule has 0 aliphatic rings. The molecule has 0 heterocycles. The van der Waals surface area contributed by atoms with E-state index in [1.54, 1.807) is 36.4 Å². The first-order valence-corrected chi connectivity index (χ1v) is 9.84. The molecule has 0 bridgehead atoms. The maximum Gasteiger partial charge on any atom is 0.335 e. The lowest BCUT2D eigenvalue weighted by atomic mass is 10.0. The standard InChI is InChI=1S/C22H21NO4S/c1-16-4-2-6-20(14-16)23(28(26)27)21-7-3-5-18(15-21)9-8-17-10-12-19(13-11-17)22(24)25/h2-7,10-15H,8-9H2,1H3,(H,24,25)(H,26,27)/p-1. The van der Waals surface area contributed by atoms with Gasteiger partial charge in [0.1, 0.15) is 0 Å². The van der Waals surface area contributed by atoms with Crippen molar-refractivity contribution < 1.29 is 18.7 Å². The Labute approximate surface area is 166 Å². The summed E-state index contributed by atoms with van der Waals surface area (Å²) in [5.41, 5.74) is 4.44. The van der Waals surface area contributed by atoms with Gasteiger partial charge in [-0.25, -0.2) is 4.79 Å². The van der Waals surface area contributed by atoms with Gasteiger partial charge in [0.25, 0.3) is 0 Å². The third-order valence-electron chi connectivity index (χ3n) is 4.43. The van der Waals surface area contributed by atoms with E-state index in [1.807, 2.05) is 43.3 Å². The predicted octanol–water partition coefficient (Wildman–Crippen LogP) is 4.41. The molecule has 3 aromatic carbocycles. The number of hydrogen-bond acceptors (Lipinski definition) is 3. The lowest BCUT2D eigenvalue weighted by Gasteiger charge is -2.27. The SMILES string of the molecule is Cc1cccc(N(c2cccc(CCc3ccc(C(=O)O)cc3)c2)S(=O)[O-])c1. The number of benzene rings is 3. The van der Waals surface area contributed by atoms with E-state index in [-0.39, 0.29) is 5.56 Å². The Kier molecular flexibility index (Phi) is 6.23. The number of hydrogen-bond donors (Lipinski definition) is 1. The van der Waals surface area contributed by atoms with Crippen LogP contribution in [0.3, 0.4) is 0 Å². The maximum absolute atomic E-state index is 11.9. The van der Waals surface area contributed by atoms with Gasteiger partial charge in [-0.2, -0.15) is 0 Å². The van der Waals surface area contributed by atoms with E-state index >= 15 is 0 Å². The van der Waals surface area contributed by atoms with Gasteiger partial charge >= 0.3 is 5.97 Å². The minimum Gasteiger partial charge on any atom is -0.755 e. The molecule has 0 spiro atoms. The van der Waals surface area contributed by atoms with E-state index in [0.717, 1.165) is 23.1 Å². The van der Waals surface area contributed by atoms with Crippen LogP contribution < -0.4 is 4.31 Å². The summed E-state index contributed by atoms with van der Waals surface area (Å²) in [4.78, 5) is 10.9. The maximum atomic E-state index is 11.9. The van der Waals surface area contributed by atoms with Crippen LogP contribution >= 0.6 is 0 Å². The fourth-order valence-corrected chi connectivity index (χ4v) is 3.59. The van der Waals surface area contributed by atoms with Crippen molar-refractivity contribution in [3.63, 3.8) is 0 Å². The van der Waals surface area contributed by atoms with Gasteiger partial charge in [-0.15, -0.1) is 0 Å². The first kappa shape index (κ1) is 19.8. The van der Waals surface area contributed by atoms with E-state index in [9.17, 15) is 13.6 Å². The molecule has 1 atom stereocenters. The van der Waals surface area contributed by atoms with Gasteiger partial charge in [0.05, 0.1) is 28.2 Å². The molecule has 28 heavy (non-hydrogen) atoms. The number of aryl methyl sites for hydroxylation is 3. The number of aromatic carboxylic acids is 1. The van der Waals surface area contributed by atoms with Gasteiger partial charge < -0.3 is 9.66 Å². The average molecular weight is 394 g/mol. The zero-order valence-corrected chi connectivity index (χ0v) is 16.2. The molecule has 3 rings (SSSR count). The Morgan fingerprint density at radius 1 is 0.929 bits per heavy atom. The quantitative estimate of drug-likeness (QED) is 0.602. The van der Waals surface area contributed by atoms with E-state index in [4.69, 9.17) is 5.11 Å². The van der Waals surface area contributed by atoms with Gasteiger partial charge in [0.15, 0.2) is 0 Å². The fraction of sp³-hybridized carbons (Fsp3) is 0.136. The van der Waals surface area contributed by atoms with E-state index in [2.05, 4.69) is 0 Å². The molecule has 144 valence electrons. The van der Waals surface area contributed by atoms with Crippen molar-refractivity contribution in [1.29, 1.82) is 0 Å². The Hall–Kier alpha value is -2.96. The van der Waals surface area contributed by atoms with Crippen LogP contribution in [0.2, 0.25) is 0 Å². The monoisotopic (exact) mass is 394 g/mol. The molecule has 0 radical (unpaired) electrons. The van der Waals surface area contributed by atoms with Crippen LogP contribution in [-0.2, 0) is 24.1 Å². The fourth-order valence-electron chi connectivity index (χ4n) is 3.02. The second-order valence-corrected chi connectivity index (χ2v) is 7.32. The number of carbonyl (C=O) groups is 1. The van der Waals surface area contributed by atoms with Gasteiger partial charge in [0, 0.05) is 0 Å². The van der Waals surface area contributed by atoms with Crippen LogP contribution in [0.15, 0.2) is 72.8 Å². The highest BCUT2D eigenvalue weighted by molar-refractivity contribution is 7.81. The first-order chi connectivity index (χ1) is 13.4. The molecule has 6 heteroatoms. The van der Waals surface area contributed by atoms with Crippen molar-refractivity contribution in [2.24, 2.45) is 0 Å². The Morgan fingerprint density at radius 3 is 2.14 bits per heavy atom. The molecule has 0 saturated carbocycles. The smallest absolute Gasteiger partial charge is 0.335 e. The minimum atomic E-state index is -2.44. The number of nitrogens with zero attached hydrogens (tertiary/aromatic N) is 1. The topological polar surface area (TPSA) is 80.7 Å².